The maximum atomic E-state index is 13.0. The zero-order valence-electron chi connectivity index (χ0n) is 16.2. The normalized spacial score (nSPS) is 12.1. The molecule has 0 unspecified atom stereocenters. The fourth-order valence-electron chi connectivity index (χ4n) is 3.05. The highest BCUT2D eigenvalue weighted by Gasteiger charge is 2.27. The molecule has 0 fully saturated rings. The molecule has 0 spiro atoms. The number of hydrogen-bond donors (Lipinski definition) is 1. The summed E-state index contributed by atoms with van der Waals surface area (Å²) in [6, 6.07) is 7.36. The molecule has 2 rings (SSSR count). The molecule has 0 aliphatic heterocycles. The van der Waals surface area contributed by atoms with Crippen LogP contribution in [0.15, 0.2) is 24.3 Å². The van der Waals surface area contributed by atoms with Gasteiger partial charge in [0.15, 0.2) is 5.78 Å². The molecule has 0 amide bonds. The minimum Gasteiger partial charge on any atom is -0.496 e. The van der Waals surface area contributed by atoms with E-state index in [1.54, 1.807) is 21.0 Å². The smallest absolute Gasteiger partial charge is 0.339 e. The van der Waals surface area contributed by atoms with Crippen molar-refractivity contribution in [2.24, 2.45) is 0 Å². The molecule has 140 valence electrons. The Kier molecular flexibility index (Phi) is 6.21. The van der Waals surface area contributed by atoms with Gasteiger partial charge in [0.25, 0.3) is 0 Å². The van der Waals surface area contributed by atoms with Crippen molar-refractivity contribution in [3.63, 3.8) is 0 Å². The Morgan fingerprint density at radius 3 is 2.46 bits per heavy atom. The third kappa shape index (κ3) is 3.80. The lowest BCUT2D eigenvalue weighted by Crippen LogP contribution is -2.36. The van der Waals surface area contributed by atoms with Crippen LogP contribution in [0.5, 0.6) is 5.75 Å². The lowest BCUT2D eigenvalue weighted by molar-refractivity contribution is 0.0599. The van der Waals surface area contributed by atoms with E-state index in [0.717, 1.165) is 11.3 Å². The topological polar surface area (TPSA) is 71.6 Å². The molecule has 0 aliphatic carbocycles. The molecule has 2 aromatic rings. The molecule has 0 saturated carbocycles. The van der Waals surface area contributed by atoms with E-state index in [9.17, 15) is 9.59 Å². The van der Waals surface area contributed by atoms with Gasteiger partial charge in [0, 0.05) is 17.8 Å². The second kappa shape index (κ2) is 8.19. The van der Waals surface area contributed by atoms with E-state index >= 15 is 0 Å². The van der Waals surface area contributed by atoms with E-state index in [-0.39, 0.29) is 11.8 Å². The highest BCUT2D eigenvalue weighted by Crippen LogP contribution is 2.23. The van der Waals surface area contributed by atoms with Crippen LogP contribution in [-0.2, 0) is 11.3 Å². The number of hydrogen-bond acceptors (Lipinski definition) is 5. The summed E-state index contributed by atoms with van der Waals surface area (Å²) in [5, 5.41) is 0. The van der Waals surface area contributed by atoms with Crippen molar-refractivity contribution in [3.05, 3.63) is 52.3 Å². The van der Waals surface area contributed by atoms with Gasteiger partial charge >= 0.3 is 5.97 Å². The van der Waals surface area contributed by atoms with E-state index in [1.807, 2.05) is 43.1 Å². The number of aromatic amines is 1. The molecule has 1 atom stereocenters. The maximum absolute atomic E-state index is 13.0. The summed E-state index contributed by atoms with van der Waals surface area (Å²) in [6.07, 6.45) is 0. The Hall–Kier alpha value is -2.60. The molecule has 0 radical (unpaired) electrons. The minimum absolute atomic E-state index is 0.0712. The number of nitrogens with one attached hydrogen (secondary N) is 1. The van der Waals surface area contributed by atoms with Gasteiger partial charge in [-0.1, -0.05) is 18.2 Å². The van der Waals surface area contributed by atoms with Gasteiger partial charge in [-0.3, -0.25) is 9.69 Å². The third-order valence-electron chi connectivity index (χ3n) is 4.73. The number of nitrogens with zero attached hydrogens (tertiary/aromatic N) is 1. The molecule has 0 bridgehead atoms. The Morgan fingerprint density at radius 2 is 1.85 bits per heavy atom. The lowest BCUT2D eigenvalue weighted by atomic mass is 10.0. The van der Waals surface area contributed by atoms with Crippen LogP contribution in [0.3, 0.4) is 0 Å². The van der Waals surface area contributed by atoms with Crippen LogP contribution in [-0.4, -0.2) is 48.9 Å². The first kappa shape index (κ1) is 19.7. The van der Waals surface area contributed by atoms with Gasteiger partial charge in [-0.05, 0) is 39.4 Å². The second-order valence-corrected chi connectivity index (χ2v) is 6.38. The van der Waals surface area contributed by atoms with E-state index in [2.05, 4.69) is 4.98 Å². The first-order valence-corrected chi connectivity index (χ1v) is 8.45. The summed E-state index contributed by atoms with van der Waals surface area (Å²) in [4.78, 5) is 29.9. The number of likely N-dealkylation sites (N-methyl/N-ethyl adjacent to an activating group) is 1. The molecule has 1 heterocycles. The second-order valence-electron chi connectivity index (χ2n) is 6.38. The summed E-state index contributed by atoms with van der Waals surface area (Å²) in [5.41, 5.74) is 3.14. The number of carbonyl (C=O) groups is 2. The predicted molar refractivity (Wildman–Crippen MR) is 99.9 cm³/mol. The molecule has 0 aliphatic rings. The summed E-state index contributed by atoms with van der Waals surface area (Å²) in [7, 11) is 4.85. The van der Waals surface area contributed by atoms with Gasteiger partial charge in [0.05, 0.1) is 31.5 Å². The number of Topliss-reactive ketones (excluding diaryl/α,β-unsaturated/α-hetero) is 1. The van der Waals surface area contributed by atoms with Crippen molar-refractivity contribution in [1.29, 1.82) is 0 Å². The van der Waals surface area contributed by atoms with Crippen LogP contribution in [0, 0.1) is 13.8 Å². The van der Waals surface area contributed by atoms with Gasteiger partial charge in [-0.2, -0.15) is 0 Å². The highest BCUT2D eigenvalue weighted by atomic mass is 16.5. The van der Waals surface area contributed by atoms with Gasteiger partial charge in [-0.15, -0.1) is 0 Å². The standard InChI is InChI=1S/C20H26N2O4/c1-12-17(20(24)26-6)13(2)21-18(12)19(23)14(3)22(4)11-15-9-7-8-10-16(15)25-5/h7-10,14,21H,11H2,1-6H3/t14-/m1/s1. The number of para-hydroxylation sites is 1. The Bertz CT molecular complexity index is 810. The van der Waals surface area contributed by atoms with E-state index in [4.69, 9.17) is 9.47 Å². The van der Waals surface area contributed by atoms with Crippen LogP contribution >= 0.6 is 0 Å². The van der Waals surface area contributed by atoms with Gasteiger partial charge < -0.3 is 14.5 Å². The zero-order chi connectivity index (χ0) is 19.4. The number of aryl methyl sites for hydroxylation is 1. The van der Waals surface area contributed by atoms with Crippen LogP contribution in [0.25, 0.3) is 0 Å². The fourth-order valence-corrected chi connectivity index (χ4v) is 3.05. The number of carbonyl (C=O) groups excluding carboxylic acids is 2. The molecule has 6 nitrogen and oxygen atoms in total. The van der Waals surface area contributed by atoms with E-state index in [0.29, 0.717) is 29.1 Å². The number of methoxy groups -OCH3 is 2. The summed E-state index contributed by atoms with van der Waals surface area (Å²) >= 11 is 0. The van der Waals surface area contributed by atoms with Crippen LogP contribution in [0.4, 0.5) is 0 Å². The Balaban J connectivity index is 2.23. The summed E-state index contributed by atoms with van der Waals surface area (Å²) in [5.74, 6) is 0.280. The molecule has 26 heavy (non-hydrogen) atoms. The van der Waals surface area contributed by atoms with Gasteiger partial charge in [0.2, 0.25) is 0 Å². The number of esters is 1. The molecule has 1 aromatic carbocycles. The van der Waals surface area contributed by atoms with Gasteiger partial charge in [0.1, 0.15) is 5.75 Å². The van der Waals surface area contributed by atoms with Crippen LogP contribution < -0.4 is 4.74 Å². The zero-order valence-corrected chi connectivity index (χ0v) is 16.2. The quantitative estimate of drug-likeness (QED) is 0.608. The average molecular weight is 358 g/mol. The fraction of sp³-hybridized carbons (Fsp3) is 0.400. The molecule has 1 N–H and O–H groups in total. The number of rotatable bonds is 7. The van der Waals surface area contributed by atoms with Crippen molar-refractivity contribution in [3.8, 4) is 5.75 Å². The number of aromatic nitrogens is 1. The van der Waals surface area contributed by atoms with Crippen molar-refractivity contribution < 1.29 is 19.1 Å². The first-order valence-electron chi connectivity index (χ1n) is 8.45. The molecular formula is C20H26N2O4. The average Bonchev–Trinajstić information content (AvgIpc) is 2.94. The monoisotopic (exact) mass is 358 g/mol. The Morgan fingerprint density at radius 1 is 1.19 bits per heavy atom. The molecule has 6 heteroatoms. The van der Waals surface area contributed by atoms with Gasteiger partial charge in [-0.25, -0.2) is 4.79 Å². The largest absolute Gasteiger partial charge is 0.496 e. The summed E-state index contributed by atoms with van der Waals surface area (Å²) in [6.45, 7) is 5.94. The van der Waals surface area contributed by atoms with Crippen molar-refractivity contribution in [2.45, 2.75) is 33.4 Å². The number of ketones is 1. The van der Waals surface area contributed by atoms with E-state index < -0.39 is 5.97 Å². The predicted octanol–water partition coefficient (Wildman–Crippen LogP) is 3.13. The van der Waals surface area contributed by atoms with Crippen molar-refractivity contribution in [1.82, 2.24) is 9.88 Å². The molecular weight excluding hydrogens is 332 g/mol. The Labute approximate surface area is 154 Å². The van der Waals surface area contributed by atoms with Crippen LogP contribution in [0.2, 0.25) is 0 Å². The highest BCUT2D eigenvalue weighted by molar-refractivity contribution is 6.03. The number of H-pyrrole nitrogens is 1. The summed E-state index contributed by atoms with van der Waals surface area (Å²) < 4.78 is 10.2. The number of benzene rings is 1. The van der Waals surface area contributed by atoms with Crippen molar-refractivity contribution >= 4 is 11.8 Å². The maximum Gasteiger partial charge on any atom is 0.339 e. The third-order valence-corrected chi connectivity index (χ3v) is 4.73. The van der Waals surface area contributed by atoms with E-state index in [1.165, 1.54) is 7.11 Å². The molecule has 1 aromatic heterocycles. The van der Waals surface area contributed by atoms with Crippen molar-refractivity contribution in [2.75, 3.05) is 21.3 Å². The molecule has 0 saturated heterocycles. The van der Waals surface area contributed by atoms with Crippen LogP contribution in [0.1, 0.15) is 44.6 Å². The first-order chi connectivity index (χ1) is 12.3. The minimum atomic E-state index is -0.440. The lowest BCUT2D eigenvalue weighted by Gasteiger charge is -2.24. The SMILES string of the molecule is COC(=O)c1c(C)[nH]c(C(=O)[C@@H](C)N(C)Cc2ccccc2OC)c1C. The number of ether oxygens (including phenoxy) is 2.